The molecule has 2 heterocycles. The maximum atomic E-state index is 12.3. The predicted molar refractivity (Wildman–Crippen MR) is 103 cm³/mol. The molecule has 0 atom stereocenters. The Morgan fingerprint density at radius 3 is 2.88 bits per heavy atom. The van der Waals surface area contributed by atoms with Crippen LogP contribution in [0.3, 0.4) is 0 Å². The van der Waals surface area contributed by atoms with Crippen molar-refractivity contribution >= 4 is 34.0 Å². The van der Waals surface area contributed by atoms with Crippen molar-refractivity contribution < 1.29 is 14.3 Å². The number of carbonyl (C=O) groups is 2. The Hall–Kier alpha value is -2.41. The molecule has 0 unspecified atom stereocenters. The Labute approximate surface area is 157 Å². The molecular weight excluding hydrogens is 350 g/mol. The summed E-state index contributed by atoms with van der Waals surface area (Å²) in [6.07, 6.45) is 1.73. The van der Waals surface area contributed by atoms with Gasteiger partial charge >= 0.3 is 0 Å². The molecule has 0 aliphatic carbocycles. The van der Waals surface area contributed by atoms with Crippen LogP contribution in [0.15, 0.2) is 23.6 Å². The number of thiazole rings is 1. The number of aromatic nitrogens is 1. The van der Waals surface area contributed by atoms with Crippen LogP contribution in [-0.2, 0) is 16.0 Å². The van der Waals surface area contributed by atoms with Crippen LogP contribution in [-0.4, -0.2) is 29.4 Å². The van der Waals surface area contributed by atoms with E-state index in [0.717, 1.165) is 23.4 Å². The summed E-state index contributed by atoms with van der Waals surface area (Å²) < 4.78 is 5.66. The highest BCUT2D eigenvalue weighted by molar-refractivity contribution is 7.14. The first kappa shape index (κ1) is 18.4. The van der Waals surface area contributed by atoms with E-state index in [-0.39, 0.29) is 24.3 Å². The van der Waals surface area contributed by atoms with Gasteiger partial charge in [0.2, 0.25) is 11.8 Å². The number of rotatable bonds is 6. The fourth-order valence-electron chi connectivity index (χ4n) is 2.83. The number of anilines is 2. The van der Waals surface area contributed by atoms with Crippen LogP contribution in [0.1, 0.15) is 37.9 Å². The molecule has 1 fully saturated rings. The maximum absolute atomic E-state index is 12.3. The van der Waals surface area contributed by atoms with Gasteiger partial charge in [-0.25, -0.2) is 4.98 Å². The molecule has 0 spiro atoms. The van der Waals surface area contributed by atoms with E-state index in [1.165, 1.54) is 11.3 Å². The third-order valence-electron chi connectivity index (χ3n) is 4.03. The van der Waals surface area contributed by atoms with Crippen molar-refractivity contribution in [3.63, 3.8) is 0 Å². The SMILES string of the molecule is Cc1cc(OC(C)C)ccc1NC(=O)Cc1csc(N2CCCC2=O)n1. The summed E-state index contributed by atoms with van der Waals surface area (Å²) in [4.78, 5) is 30.2. The highest BCUT2D eigenvalue weighted by atomic mass is 32.1. The molecule has 6 nitrogen and oxygen atoms in total. The lowest BCUT2D eigenvalue weighted by atomic mass is 10.2. The van der Waals surface area contributed by atoms with E-state index >= 15 is 0 Å². The normalized spacial score (nSPS) is 14.2. The van der Waals surface area contributed by atoms with E-state index in [1.807, 2.05) is 44.4 Å². The molecule has 7 heteroatoms. The molecule has 3 rings (SSSR count). The van der Waals surface area contributed by atoms with Gasteiger partial charge in [-0.05, 0) is 51.0 Å². The van der Waals surface area contributed by atoms with E-state index in [2.05, 4.69) is 10.3 Å². The molecule has 0 radical (unpaired) electrons. The van der Waals surface area contributed by atoms with E-state index in [9.17, 15) is 9.59 Å². The topological polar surface area (TPSA) is 71.5 Å². The average Bonchev–Trinajstić information content (AvgIpc) is 3.18. The van der Waals surface area contributed by atoms with Gasteiger partial charge in [-0.15, -0.1) is 11.3 Å². The summed E-state index contributed by atoms with van der Waals surface area (Å²) in [6.45, 7) is 6.59. The number of hydrogen-bond donors (Lipinski definition) is 1. The third-order valence-corrected chi connectivity index (χ3v) is 4.94. The molecular formula is C19H23N3O3S. The first-order valence-electron chi connectivity index (χ1n) is 8.74. The zero-order valence-electron chi connectivity index (χ0n) is 15.2. The Kier molecular flexibility index (Phi) is 5.56. The molecule has 0 bridgehead atoms. The number of aryl methyl sites for hydroxylation is 1. The highest BCUT2D eigenvalue weighted by Gasteiger charge is 2.24. The Balaban J connectivity index is 1.61. The van der Waals surface area contributed by atoms with Gasteiger partial charge in [0, 0.05) is 24.0 Å². The summed E-state index contributed by atoms with van der Waals surface area (Å²) >= 11 is 1.41. The average molecular weight is 373 g/mol. The van der Waals surface area contributed by atoms with Gasteiger partial charge < -0.3 is 10.1 Å². The number of carbonyl (C=O) groups excluding carboxylic acids is 2. The van der Waals surface area contributed by atoms with Crippen molar-refractivity contribution in [3.05, 3.63) is 34.8 Å². The number of ether oxygens (including phenoxy) is 1. The van der Waals surface area contributed by atoms with Gasteiger partial charge in [0.05, 0.1) is 18.2 Å². The van der Waals surface area contributed by atoms with Gasteiger partial charge in [0.1, 0.15) is 5.75 Å². The smallest absolute Gasteiger partial charge is 0.230 e. The Morgan fingerprint density at radius 2 is 2.23 bits per heavy atom. The second-order valence-electron chi connectivity index (χ2n) is 6.64. The van der Waals surface area contributed by atoms with Gasteiger partial charge in [0.15, 0.2) is 5.13 Å². The predicted octanol–water partition coefficient (Wildman–Crippen LogP) is 3.55. The summed E-state index contributed by atoms with van der Waals surface area (Å²) in [6, 6.07) is 5.61. The molecule has 1 saturated heterocycles. The van der Waals surface area contributed by atoms with Crippen LogP contribution in [0.5, 0.6) is 5.75 Å². The Bertz CT molecular complexity index is 816. The number of benzene rings is 1. The molecule has 2 aromatic rings. The number of amides is 2. The van der Waals surface area contributed by atoms with E-state index in [0.29, 0.717) is 23.8 Å². The maximum Gasteiger partial charge on any atom is 0.230 e. The zero-order chi connectivity index (χ0) is 18.7. The van der Waals surface area contributed by atoms with E-state index in [1.54, 1.807) is 4.90 Å². The molecule has 1 N–H and O–H groups in total. The monoisotopic (exact) mass is 373 g/mol. The van der Waals surface area contributed by atoms with Crippen molar-refractivity contribution in [2.75, 3.05) is 16.8 Å². The van der Waals surface area contributed by atoms with Crippen molar-refractivity contribution in [1.82, 2.24) is 4.98 Å². The largest absolute Gasteiger partial charge is 0.491 e. The van der Waals surface area contributed by atoms with Crippen LogP contribution in [0, 0.1) is 6.92 Å². The van der Waals surface area contributed by atoms with E-state index in [4.69, 9.17) is 4.74 Å². The first-order chi connectivity index (χ1) is 12.4. The minimum atomic E-state index is -0.129. The zero-order valence-corrected chi connectivity index (χ0v) is 16.1. The van der Waals surface area contributed by atoms with Crippen LogP contribution in [0.4, 0.5) is 10.8 Å². The van der Waals surface area contributed by atoms with Gasteiger partial charge in [-0.3, -0.25) is 14.5 Å². The first-order valence-corrected chi connectivity index (χ1v) is 9.62. The molecule has 1 aromatic heterocycles. The molecule has 26 heavy (non-hydrogen) atoms. The van der Waals surface area contributed by atoms with Crippen LogP contribution in [0.2, 0.25) is 0 Å². The summed E-state index contributed by atoms with van der Waals surface area (Å²) in [5, 5.41) is 5.44. The number of nitrogens with zero attached hydrogens (tertiary/aromatic N) is 2. The molecule has 2 amide bonds. The second-order valence-corrected chi connectivity index (χ2v) is 7.48. The van der Waals surface area contributed by atoms with Gasteiger partial charge in [0.25, 0.3) is 0 Å². The van der Waals surface area contributed by atoms with E-state index < -0.39 is 0 Å². The summed E-state index contributed by atoms with van der Waals surface area (Å²) in [7, 11) is 0. The van der Waals surface area contributed by atoms with Crippen LogP contribution in [0.25, 0.3) is 0 Å². The molecule has 1 aliphatic rings. The lowest BCUT2D eigenvalue weighted by molar-refractivity contribution is -0.117. The minimum Gasteiger partial charge on any atom is -0.491 e. The van der Waals surface area contributed by atoms with Crippen molar-refractivity contribution in [2.24, 2.45) is 0 Å². The fourth-order valence-corrected chi connectivity index (χ4v) is 3.70. The Morgan fingerprint density at radius 1 is 1.42 bits per heavy atom. The van der Waals surface area contributed by atoms with Crippen molar-refractivity contribution in [3.8, 4) is 5.75 Å². The van der Waals surface area contributed by atoms with Crippen molar-refractivity contribution in [1.29, 1.82) is 0 Å². The van der Waals surface area contributed by atoms with Crippen LogP contribution < -0.4 is 15.0 Å². The minimum absolute atomic E-state index is 0.106. The van der Waals surface area contributed by atoms with Crippen LogP contribution >= 0.6 is 11.3 Å². The summed E-state index contributed by atoms with van der Waals surface area (Å²) in [5.74, 6) is 0.764. The van der Waals surface area contributed by atoms with Gasteiger partial charge in [-0.2, -0.15) is 0 Å². The lowest BCUT2D eigenvalue weighted by Gasteiger charge is -2.13. The quantitative estimate of drug-likeness (QED) is 0.841. The number of nitrogens with one attached hydrogen (secondary N) is 1. The number of hydrogen-bond acceptors (Lipinski definition) is 5. The highest BCUT2D eigenvalue weighted by Crippen LogP contribution is 2.26. The van der Waals surface area contributed by atoms with Gasteiger partial charge in [-0.1, -0.05) is 0 Å². The molecule has 1 aromatic carbocycles. The standard InChI is InChI=1S/C19H23N3O3S/c1-12(2)25-15-6-7-16(13(3)9-15)21-17(23)10-14-11-26-19(20-14)22-8-4-5-18(22)24/h6-7,9,11-12H,4-5,8,10H2,1-3H3,(H,21,23). The molecule has 0 saturated carbocycles. The molecule has 1 aliphatic heterocycles. The lowest BCUT2D eigenvalue weighted by Crippen LogP contribution is -2.23. The molecule has 138 valence electrons. The van der Waals surface area contributed by atoms with Crippen molar-refractivity contribution in [2.45, 2.75) is 46.1 Å². The fraction of sp³-hybridized carbons (Fsp3) is 0.421. The third kappa shape index (κ3) is 4.40. The second kappa shape index (κ2) is 7.86. The summed E-state index contributed by atoms with van der Waals surface area (Å²) in [5.41, 5.74) is 2.38.